The predicted molar refractivity (Wildman–Crippen MR) is 61.9 cm³/mol. The maximum atomic E-state index is 6.31. The zero-order chi connectivity index (χ0) is 9.84. The number of rotatable bonds is 4. The minimum absolute atomic E-state index is 0.227. The molecule has 1 rings (SSSR count). The van der Waals surface area contributed by atoms with E-state index in [1.165, 1.54) is 28.2 Å². The van der Waals surface area contributed by atoms with Crippen LogP contribution in [0.5, 0.6) is 0 Å². The summed E-state index contributed by atoms with van der Waals surface area (Å²) < 4.78 is 0. The van der Waals surface area contributed by atoms with Crippen LogP contribution in [-0.2, 0) is 0 Å². The van der Waals surface area contributed by atoms with Gasteiger partial charge in [0, 0.05) is 9.75 Å². The third-order valence-electron chi connectivity index (χ3n) is 2.23. The minimum Gasteiger partial charge on any atom is -0.146 e. The number of hydrogen-bond donors (Lipinski definition) is 0. The fraction of sp³-hybridized carbons (Fsp3) is 0.636. The Hall–Kier alpha value is -0.0100. The van der Waals surface area contributed by atoms with Crippen molar-refractivity contribution in [3.63, 3.8) is 0 Å². The van der Waals surface area contributed by atoms with Crippen molar-refractivity contribution in [2.45, 2.75) is 45.4 Å². The summed E-state index contributed by atoms with van der Waals surface area (Å²) in [6, 6.07) is 2.23. The topological polar surface area (TPSA) is 0 Å². The molecule has 0 aliphatic carbocycles. The van der Waals surface area contributed by atoms with Gasteiger partial charge < -0.3 is 0 Å². The van der Waals surface area contributed by atoms with Crippen LogP contribution in [-0.4, -0.2) is 0 Å². The molecule has 2 heteroatoms. The van der Waals surface area contributed by atoms with Gasteiger partial charge in [0.2, 0.25) is 0 Å². The van der Waals surface area contributed by atoms with Gasteiger partial charge in [0.25, 0.3) is 0 Å². The molecule has 0 spiro atoms. The van der Waals surface area contributed by atoms with Crippen molar-refractivity contribution < 1.29 is 0 Å². The average molecular weight is 217 g/mol. The second-order valence-corrected chi connectivity index (χ2v) is 5.47. The van der Waals surface area contributed by atoms with E-state index in [0.717, 1.165) is 6.42 Å². The van der Waals surface area contributed by atoms with E-state index >= 15 is 0 Å². The Bertz CT molecular complexity index is 265. The molecular formula is C11H17ClS. The SMILES string of the molecule is CCCCC(Cl)c1cc(C)sc1C. The first-order chi connectivity index (χ1) is 6.15. The third kappa shape index (κ3) is 2.99. The van der Waals surface area contributed by atoms with Crippen LogP contribution in [0.15, 0.2) is 6.07 Å². The number of aryl methyl sites for hydroxylation is 2. The highest BCUT2D eigenvalue weighted by atomic mass is 35.5. The van der Waals surface area contributed by atoms with Gasteiger partial charge in [-0.15, -0.1) is 22.9 Å². The van der Waals surface area contributed by atoms with Gasteiger partial charge in [-0.1, -0.05) is 19.8 Å². The van der Waals surface area contributed by atoms with Gasteiger partial charge in [-0.25, -0.2) is 0 Å². The number of halogens is 1. The largest absolute Gasteiger partial charge is 0.146 e. The Balaban J connectivity index is 2.64. The Morgan fingerprint density at radius 2 is 2.15 bits per heavy atom. The normalized spacial score (nSPS) is 13.2. The third-order valence-corrected chi connectivity index (χ3v) is 3.66. The van der Waals surface area contributed by atoms with Crippen LogP contribution in [0.25, 0.3) is 0 Å². The molecule has 1 atom stereocenters. The molecule has 0 aliphatic rings. The van der Waals surface area contributed by atoms with Crippen LogP contribution in [0.3, 0.4) is 0 Å². The molecule has 0 fully saturated rings. The first-order valence-corrected chi connectivity index (χ1v) is 6.11. The summed E-state index contributed by atoms with van der Waals surface area (Å²) in [5, 5.41) is 0.227. The Morgan fingerprint density at radius 3 is 2.62 bits per heavy atom. The van der Waals surface area contributed by atoms with Crippen molar-refractivity contribution >= 4 is 22.9 Å². The Labute approximate surface area is 89.9 Å². The monoisotopic (exact) mass is 216 g/mol. The molecule has 0 radical (unpaired) electrons. The molecule has 0 amide bonds. The van der Waals surface area contributed by atoms with Crippen molar-refractivity contribution in [2.24, 2.45) is 0 Å². The maximum absolute atomic E-state index is 6.31. The highest BCUT2D eigenvalue weighted by Crippen LogP contribution is 2.33. The van der Waals surface area contributed by atoms with Gasteiger partial charge in [-0.3, -0.25) is 0 Å². The summed E-state index contributed by atoms with van der Waals surface area (Å²) in [6.45, 7) is 6.51. The molecule has 0 saturated carbocycles. The number of thiophene rings is 1. The van der Waals surface area contributed by atoms with Crippen molar-refractivity contribution in [1.82, 2.24) is 0 Å². The van der Waals surface area contributed by atoms with Crippen molar-refractivity contribution in [1.29, 1.82) is 0 Å². The number of alkyl halides is 1. The zero-order valence-corrected chi connectivity index (χ0v) is 10.1. The molecule has 13 heavy (non-hydrogen) atoms. The van der Waals surface area contributed by atoms with Gasteiger partial charge in [-0.2, -0.15) is 0 Å². The second kappa shape index (κ2) is 5.02. The summed E-state index contributed by atoms with van der Waals surface area (Å²) in [5.74, 6) is 0. The van der Waals surface area contributed by atoms with Crippen LogP contribution in [0, 0.1) is 13.8 Å². The summed E-state index contributed by atoms with van der Waals surface area (Å²) in [4.78, 5) is 2.75. The van der Waals surface area contributed by atoms with Gasteiger partial charge in [0.05, 0.1) is 5.38 Å². The van der Waals surface area contributed by atoms with Gasteiger partial charge in [0.1, 0.15) is 0 Å². The maximum Gasteiger partial charge on any atom is 0.0596 e. The fourth-order valence-corrected chi connectivity index (χ4v) is 2.93. The summed E-state index contributed by atoms with van der Waals surface area (Å²) in [6.07, 6.45) is 3.56. The smallest absolute Gasteiger partial charge is 0.0596 e. The first-order valence-electron chi connectivity index (χ1n) is 4.86. The Kier molecular flexibility index (Phi) is 4.27. The van der Waals surface area contributed by atoms with Crippen molar-refractivity contribution in [2.75, 3.05) is 0 Å². The first kappa shape index (κ1) is 11.1. The molecule has 74 valence electrons. The minimum atomic E-state index is 0.227. The molecular weight excluding hydrogens is 200 g/mol. The molecule has 0 aromatic carbocycles. The second-order valence-electron chi connectivity index (χ2n) is 3.48. The van der Waals surface area contributed by atoms with Gasteiger partial charge in [0.15, 0.2) is 0 Å². The van der Waals surface area contributed by atoms with E-state index in [0.29, 0.717) is 0 Å². The summed E-state index contributed by atoms with van der Waals surface area (Å²) in [5.41, 5.74) is 1.35. The summed E-state index contributed by atoms with van der Waals surface area (Å²) in [7, 11) is 0. The van der Waals surface area contributed by atoms with Crippen LogP contribution >= 0.6 is 22.9 Å². The molecule has 1 heterocycles. The van der Waals surface area contributed by atoms with Crippen LogP contribution < -0.4 is 0 Å². The Morgan fingerprint density at radius 1 is 1.46 bits per heavy atom. The van der Waals surface area contributed by atoms with Gasteiger partial charge >= 0.3 is 0 Å². The van der Waals surface area contributed by atoms with Crippen LogP contribution in [0.4, 0.5) is 0 Å². The summed E-state index contributed by atoms with van der Waals surface area (Å²) >= 11 is 8.16. The molecule has 0 bridgehead atoms. The van der Waals surface area contributed by atoms with E-state index < -0.39 is 0 Å². The van der Waals surface area contributed by atoms with E-state index in [1.807, 2.05) is 11.3 Å². The van der Waals surface area contributed by atoms with E-state index in [-0.39, 0.29) is 5.38 Å². The standard InChI is InChI=1S/C11H17ClS/c1-4-5-6-11(12)10-7-8(2)13-9(10)3/h7,11H,4-6H2,1-3H3. The van der Waals surface area contributed by atoms with Crippen molar-refractivity contribution in [3.8, 4) is 0 Å². The van der Waals surface area contributed by atoms with E-state index in [9.17, 15) is 0 Å². The molecule has 0 saturated heterocycles. The van der Waals surface area contributed by atoms with Crippen LogP contribution in [0.1, 0.15) is 46.9 Å². The highest BCUT2D eigenvalue weighted by molar-refractivity contribution is 7.12. The number of unbranched alkanes of at least 4 members (excludes halogenated alkanes) is 1. The van der Waals surface area contributed by atoms with Gasteiger partial charge in [-0.05, 0) is 31.9 Å². The molecule has 1 unspecified atom stereocenters. The molecule has 0 aliphatic heterocycles. The lowest BCUT2D eigenvalue weighted by molar-refractivity contribution is 0.700. The lowest BCUT2D eigenvalue weighted by atomic mass is 10.1. The van der Waals surface area contributed by atoms with Crippen molar-refractivity contribution in [3.05, 3.63) is 21.4 Å². The quantitative estimate of drug-likeness (QED) is 0.633. The molecule has 1 aromatic heterocycles. The zero-order valence-electron chi connectivity index (χ0n) is 8.56. The van der Waals surface area contributed by atoms with E-state index in [4.69, 9.17) is 11.6 Å². The lowest BCUT2D eigenvalue weighted by Crippen LogP contribution is -1.89. The highest BCUT2D eigenvalue weighted by Gasteiger charge is 2.12. The van der Waals surface area contributed by atoms with Crippen LogP contribution in [0.2, 0.25) is 0 Å². The van der Waals surface area contributed by atoms with E-state index in [1.54, 1.807) is 0 Å². The predicted octanol–water partition coefficient (Wildman–Crippen LogP) is 4.84. The fourth-order valence-electron chi connectivity index (χ4n) is 1.50. The molecule has 0 nitrogen and oxygen atoms in total. The molecule has 0 N–H and O–H groups in total. The molecule has 1 aromatic rings. The number of hydrogen-bond acceptors (Lipinski definition) is 1. The average Bonchev–Trinajstić information content (AvgIpc) is 2.41. The van der Waals surface area contributed by atoms with E-state index in [2.05, 4.69) is 26.8 Å². The lowest BCUT2D eigenvalue weighted by Gasteiger charge is -2.07.